The van der Waals surface area contributed by atoms with Crippen molar-refractivity contribution in [3.8, 4) is 5.75 Å². The molecule has 29 heavy (non-hydrogen) atoms. The summed E-state index contributed by atoms with van der Waals surface area (Å²) in [4.78, 5) is 34.9. The molecule has 152 valence electrons. The number of rotatable bonds is 5. The maximum absolute atomic E-state index is 12.4. The molecule has 3 rings (SSSR count). The van der Waals surface area contributed by atoms with Gasteiger partial charge in [-0.1, -0.05) is 12.1 Å². The van der Waals surface area contributed by atoms with Gasteiger partial charge in [-0.15, -0.1) is 11.3 Å². The van der Waals surface area contributed by atoms with Crippen LogP contribution in [0.1, 0.15) is 38.1 Å². The van der Waals surface area contributed by atoms with Crippen LogP contribution < -0.4 is 4.74 Å². The molecule has 1 aliphatic rings. The van der Waals surface area contributed by atoms with E-state index in [1.165, 1.54) is 23.2 Å². The molecule has 1 aliphatic heterocycles. The van der Waals surface area contributed by atoms with Crippen LogP contribution in [0.15, 0.2) is 51.6 Å². The lowest BCUT2D eigenvalue weighted by atomic mass is 10.0. The van der Waals surface area contributed by atoms with Gasteiger partial charge >= 0.3 is 6.16 Å². The second-order valence-corrected chi connectivity index (χ2v) is 6.81. The van der Waals surface area contributed by atoms with Crippen LogP contribution in [0, 0.1) is 0 Å². The average Bonchev–Trinajstić information content (AvgIpc) is 3.23. The Morgan fingerprint density at radius 2 is 2.10 bits per heavy atom. The molecule has 1 atom stereocenters. The van der Waals surface area contributed by atoms with Crippen molar-refractivity contribution >= 4 is 29.2 Å². The van der Waals surface area contributed by atoms with Gasteiger partial charge in [0.05, 0.1) is 24.9 Å². The molecule has 2 aromatic rings. The van der Waals surface area contributed by atoms with Crippen LogP contribution in [0.3, 0.4) is 0 Å². The minimum Gasteiger partial charge on any atom is -0.497 e. The summed E-state index contributed by atoms with van der Waals surface area (Å²) in [5.74, 6) is 0.963. The van der Waals surface area contributed by atoms with Gasteiger partial charge in [0.15, 0.2) is 11.6 Å². The monoisotopic (exact) mass is 415 g/mol. The number of hydrogen-bond acceptors (Lipinski definition) is 8. The van der Waals surface area contributed by atoms with Crippen molar-refractivity contribution in [2.75, 3.05) is 13.7 Å². The lowest BCUT2D eigenvalue weighted by Gasteiger charge is -2.32. The number of ether oxygens (including phenoxy) is 3. The van der Waals surface area contributed by atoms with Crippen LogP contribution >= 0.6 is 11.3 Å². The van der Waals surface area contributed by atoms with Gasteiger partial charge in [-0.25, -0.2) is 14.8 Å². The number of amides is 1. The first-order chi connectivity index (χ1) is 14.0. The van der Waals surface area contributed by atoms with Crippen molar-refractivity contribution in [1.82, 2.24) is 9.88 Å². The summed E-state index contributed by atoms with van der Waals surface area (Å²) in [5.41, 5.74) is 3.41. The van der Waals surface area contributed by atoms with Gasteiger partial charge in [0.1, 0.15) is 17.5 Å². The number of nitrogens with zero attached hydrogens (tertiary/aromatic N) is 3. The second kappa shape index (κ2) is 8.87. The van der Waals surface area contributed by atoms with E-state index < -0.39 is 12.2 Å². The number of aliphatic imine (C=N–C) groups is 1. The lowest BCUT2D eigenvalue weighted by Crippen LogP contribution is -2.39. The fourth-order valence-electron chi connectivity index (χ4n) is 3.00. The fraction of sp³-hybridized carbons (Fsp3) is 0.300. The standard InChI is InChI=1S/C20H21N3O5S/c1-5-27-20(25)28-18-12(2)23(13(3)24)19(16-10-29-11-21-16)22-17(18)14-7-6-8-15(9-14)26-4/h6-11,17H,5H2,1-4H3. The zero-order valence-corrected chi connectivity index (χ0v) is 17.4. The summed E-state index contributed by atoms with van der Waals surface area (Å²) in [5, 5.41) is 1.81. The topological polar surface area (TPSA) is 90.3 Å². The minimum atomic E-state index is -0.856. The highest BCUT2D eigenvalue weighted by molar-refractivity contribution is 7.07. The van der Waals surface area contributed by atoms with Gasteiger partial charge in [-0.05, 0) is 31.5 Å². The van der Waals surface area contributed by atoms with Gasteiger partial charge in [0.25, 0.3) is 0 Å². The molecular formula is C20H21N3O5S. The molecular weight excluding hydrogens is 394 g/mol. The second-order valence-electron chi connectivity index (χ2n) is 6.09. The number of hydrogen-bond donors (Lipinski definition) is 0. The zero-order valence-electron chi connectivity index (χ0n) is 16.5. The number of carbonyl (C=O) groups is 2. The number of thiazole rings is 1. The molecule has 9 heteroatoms. The van der Waals surface area contributed by atoms with Crippen molar-refractivity contribution in [3.63, 3.8) is 0 Å². The Morgan fingerprint density at radius 3 is 2.72 bits per heavy atom. The van der Waals surface area contributed by atoms with E-state index in [0.717, 1.165) is 5.56 Å². The minimum absolute atomic E-state index is 0.165. The third kappa shape index (κ3) is 4.29. The van der Waals surface area contributed by atoms with E-state index in [0.29, 0.717) is 23.0 Å². The highest BCUT2D eigenvalue weighted by Gasteiger charge is 2.35. The van der Waals surface area contributed by atoms with Crippen molar-refractivity contribution in [1.29, 1.82) is 0 Å². The largest absolute Gasteiger partial charge is 0.513 e. The molecule has 0 aliphatic carbocycles. The first-order valence-electron chi connectivity index (χ1n) is 8.92. The Bertz CT molecular complexity index is 968. The Hall–Kier alpha value is -3.20. The third-order valence-corrected chi connectivity index (χ3v) is 4.83. The fourth-order valence-corrected chi connectivity index (χ4v) is 3.53. The van der Waals surface area contributed by atoms with E-state index in [2.05, 4.69) is 4.98 Å². The van der Waals surface area contributed by atoms with Crippen LogP contribution in [0.4, 0.5) is 4.79 Å². The summed E-state index contributed by atoms with van der Waals surface area (Å²) < 4.78 is 15.7. The van der Waals surface area contributed by atoms with E-state index in [4.69, 9.17) is 19.2 Å². The Labute approximate surface area is 172 Å². The molecule has 0 bridgehead atoms. The SMILES string of the molecule is CCOC(=O)OC1=C(C)N(C(C)=O)C(c2cscn2)=NC1c1cccc(OC)c1. The highest BCUT2D eigenvalue weighted by atomic mass is 32.1. The summed E-state index contributed by atoms with van der Waals surface area (Å²) in [6, 6.07) is 6.60. The smallest absolute Gasteiger partial charge is 0.497 e. The Balaban J connectivity index is 2.15. The Morgan fingerprint density at radius 1 is 1.31 bits per heavy atom. The van der Waals surface area contributed by atoms with E-state index in [1.807, 2.05) is 23.6 Å². The first-order valence-corrected chi connectivity index (χ1v) is 9.86. The summed E-state index contributed by atoms with van der Waals surface area (Å²) in [6.07, 6.45) is -0.856. The van der Waals surface area contributed by atoms with Gasteiger partial charge in [-0.2, -0.15) is 0 Å². The van der Waals surface area contributed by atoms with Crippen molar-refractivity contribution < 1.29 is 23.8 Å². The molecule has 8 nitrogen and oxygen atoms in total. The number of allylic oxidation sites excluding steroid dienone is 1. The highest BCUT2D eigenvalue weighted by Crippen LogP contribution is 2.37. The van der Waals surface area contributed by atoms with Gasteiger partial charge in [0, 0.05) is 12.3 Å². The molecule has 0 fully saturated rings. The van der Waals surface area contributed by atoms with E-state index in [9.17, 15) is 9.59 Å². The van der Waals surface area contributed by atoms with Crippen molar-refractivity contribution in [2.45, 2.75) is 26.8 Å². The summed E-state index contributed by atoms with van der Waals surface area (Å²) in [7, 11) is 1.57. The van der Waals surface area contributed by atoms with E-state index in [1.54, 1.807) is 32.5 Å². The average molecular weight is 415 g/mol. The first kappa shape index (κ1) is 20.5. The van der Waals surface area contributed by atoms with Crippen molar-refractivity contribution in [2.24, 2.45) is 4.99 Å². The number of methoxy groups -OCH3 is 1. The molecule has 0 saturated carbocycles. The molecule has 2 heterocycles. The van der Waals surface area contributed by atoms with Crippen molar-refractivity contribution in [3.05, 3.63) is 57.9 Å². The molecule has 1 amide bonds. The maximum Gasteiger partial charge on any atom is 0.513 e. The molecule has 1 aromatic carbocycles. The molecule has 1 unspecified atom stereocenters. The number of aromatic nitrogens is 1. The summed E-state index contributed by atoms with van der Waals surface area (Å²) in [6.45, 7) is 4.96. The lowest BCUT2D eigenvalue weighted by molar-refractivity contribution is -0.124. The molecule has 1 aromatic heterocycles. The zero-order chi connectivity index (χ0) is 21.0. The van der Waals surface area contributed by atoms with E-state index in [-0.39, 0.29) is 18.3 Å². The summed E-state index contributed by atoms with van der Waals surface area (Å²) >= 11 is 1.40. The number of benzene rings is 1. The van der Waals surface area contributed by atoms with Crippen LogP contribution in [0.5, 0.6) is 5.75 Å². The number of carbonyl (C=O) groups excluding carboxylic acids is 2. The molecule has 0 radical (unpaired) electrons. The van der Waals surface area contributed by atoms with Gasteiger partial charge < -0.3 is 14.2 Å². The van der Waals surface area contributed by atoms with Crippen LogP contribution in [-0.2, 0) is 14.3 Å². The predicted octanol–water partition coefficient (Wildman–Crippen LogP) is 3.91. The molecule has 0 saturated heterocycles. The Kier molecular flexibility index (Phi) is 6.28. The van der Waals surface area contributed by atoms with Crippen LogP contribution in [0.2, 0.25) is 0 Å². The maximum atomic E-state index is 12.4. The van der Waals surface area contributed by atoms with Gasteiger partial charge in [0.2, 0.25) is 5.91 Å². The number of amidine groups is 1. The van der Waals surface area contributed by atoms with E-state index >= 15 is 0 Å². The van der Waals surface area contributed by atoms with Crippen LogP contribution in [0.25, 0.3) is 0 Å². The van der Waals surface area contributed by atoms with Gasteiger partial charge in [-0.3, -0.25) is 9.69 Å². The molecule has 0 N–H and O–H groups in total. The molecule has 0 spiro atoms. The third-order valence-electron chi connectivity index (χ3n) is 4.24. The quantitative estimate of drug-likeness (QED) is 0.688. The normalized spacial score (nSPS) is 16.3. The van der Waals surface area contributed by atoms with Crippen LogP contribution in [-0.4, -0.2) is 41.5 Å². The predicted molar refractivity (Wildman–Crippen MR) is 108 cm³/mol.